The molecule has 0 aliphatic carbocycles. The number of rotatable bonds is 7. The molecular weight excluding hydrogens is 399 g/mol. The van der Waals surface area contributed by atoms with Crippen LogP contribution in [-0.2, 0) is 4.79 Å². The van der Waals surface area contributed by atoms with Gasteiger partial charge in [-0.3, -0.25) is 14.6 Å². The first-order chi connectivity index (χ1) is 13.8. The zero-order chi connectivity index (χ0) is 20.9. The summed E-state index contributed by atoms with van der Waals surface area (Å²) < 4.78 is 37.8. The van der Waals surface area contributed by atoms with Gasteiger partial charge in [-0.25, -0.2) is 0 Å². The van der Waals surface area contributed by atoms with Crippen molar-refractivity contribution in [3.05, 3.63) is 24.3 Å². The largest absolute Gasteiger partial charge is 0.446 e. The molecule has 0 spiro atoms. The van der Waals surface area contributed by atoms with Crippen molar-refractivity contribution in [1.82, 2.24) is 9.80 Å². The molecule has 2 aliphatic heterocycles. The molecule has 29 heavy (non-hydrogen) atoms. The first kappa shape index (κ1) is 22.4. The van der Waals surface area contributed by atoms with Crippen LogP contribution in [-0.4, -0.2) is 73.4 Å². The number of benzene rings is 1. The van der Waals surface area contributed by atoms with Crippen molar-refractivity contribution >= 4 is 23.2 Å². The van der Waals surface area contributed by atoms with Crippen LogP contribution in [0.1, 0.15) is 26.2 Å². The summed E-state index contributed by atoms with van der Waals surface area (Å²) in [6, 6.07) is 6.75. The quantitative estimate of drug-likeness (QED) is 0.608. The Labute approximate surface area is 175 Å². The van der Waals surface area contributed by atoms with Crippen LogP contribution in [0.15, 0.2) is 29.2 Å². The third kappa shape index (κ3) is 7.50. The number of hydrogen-bond donors (Lipinski definition) is 0. The van der Waals surface area contributed by atoms with E-state index in [9.17, 15) is 18.0 Å². The molecule has 0 aromatic heterocycles. The summed E-state index contributed by atoms with van der Waals surface area (Å²) in [5.74, 6) is 0.969. The summed E-state index contributed by atoms with van der Waals surface area (Å²) in [6.07, 6.45) is 3.51. The summed E-state index contributed by atoms with van der Waals surface area (Å²) in [5, 5.41) is 0. The van der Waals surface area contributed by atoms with Crippen molar-refractivity contribution < 1.29 is 18.0 Å². The summed E-state index contributed by atoms with van der Waals surface area (Å²) in [7, 11) is 0. The number of thioether (sulfide) groups is 1. The van der Waals surface area contributed by atoms with Gasteiger partial charge in [-0.1, -0.05) is 6.07 Å². The maximum Gasteiger partial charge on any atom is 0.446 e. The lowest BCUT2D eigenvalue weighted by Crippen LogP contribution is -2.47. The number of ketones is 1. The molecule has 2 saturated heterocycles. The van der Waals surface area contributed by atoms with Crippen molar-refractivity contribution in [2.45, 2.75) is 36.6 Å². The van der Waals surface area contributed by atoms with Crippen LogP contribution in [0, 0.1) is 5.92 Å². The Morgan fingerprint density at radius 1 is 1.07 bits per heavy atom. The summed E-state index contributed by atoms with van der Waals surface area (Å²) in [5.41, 5.74) is -3.38. The van der Waals surface area contributed by atoms with E-state index in [2.05, 4.69) is 14.7 Å². The highest BCUT2D eigenvalue weighted by molar-refractivity contribution is 8.00. The van der Waals surface area contributed by atoms with Gasteiger partial charge in [0.1, 0.15) is 5.78 Å². The van der Waals surface area contributed by atoms with Gasteiger partial charge in [0.05, 0.1) is 6.54 Å². The highest BCUT2D eigenvalue weighted by Crippen LogP contribution is 2.38. The number of anilines is 1. The topological polar surface area (TPSA) is 26.8 Å². The molecule has 162 valence electrons. The molecule has 1 aromatic carbocycles. The highest BCUT2D eigenvalue weighted by atomic mass is 32.2. The fourth-order valence-corrected chi connectivity index (χ4v) is 4.81. The molecule has 8 heteroatoms. The zero-order valence-electron chi connectivity index (χ0n) is 17.0. The van der Waals surface area contributed by atoms with Crippen LogP contribution < -0.4 is 4.90 Å². The molecule has 0 N–H and O–H groups in total. The first-order valence-electron chi connectivity index (χ1n) is 10.3. The number of likely N-dealkylation sites (tertiary alicyclic amines) is 1. The molecule has 0 bridgehead atoms. The van der Waals surface area contributed by atoms with Gasteiger partial charge in [-0.15, -0.1) is 0 Å². The van der Waals surface area contributed by atoms with Crippen LogP contribution in [0.3, 0.4) is 0 Å². The normalized spacial score (nSPS) is 20.2. The predicted molar refractivity (Wildman–Crippen MR) is 111 cm³/mol. The van der Waals surface area contributed by atoms with Gasteiger partial charge in [-0.05, 0) is 81.7 Å². The minimum Gasteiger partial charge on any atom is -0.369 e. The lowest BCUT2D eigenvalue weighted by molar-refractivity contribution is -0.118. The van der Waals surface area contributed by atoms with Gasteiger partial charge in [0.15, 0.2) is 0 Å². The number of carbonyl (C=O) groups excluding carboxylic acids is 1. The molecule has 0 radical (unpaired) electrons. The van der Waals surface area contributed by atoms with Gasteiger partial charge in [0.2, 0.25) is 0 Å². The number of hydrogen-bond acceptors (Lipinski definition) is 5. The molecule has 0 amide bonds. The fourth-order valence-electron chi connectivity index (χ4n) is 4.22. The van der Waals surface area contributed by atoms with Crippen LogP contribution in [0.2, 0.25) is 0 Å². The van der Waals surface area contributed by atoms with Crippen molar-refractivity contribution in [3.63, 3.8) is 0 Å². The van der Waals surface area contributed by atoms with E-state index >= 15 is 0 Å². The average molecular weight is 430 g/mol. The van der Waals surface area contributed by atoms with E-state index in [0.29, 0.717) is 6.54 Å². The highest BCUT2D eigenvalue weighted by Gasteiger charge is 2.29. The third-order valence-corrected chi connectivity index (χ3v) is 6.52. The molecule has 2 fully saturated rings. The minimum atomic E-state index is -4.25. The number of piperazine rings is 1. The second kappa shape index (κ2) is 10.2. The maximum absolute atomic E-state index is 12.6. The lowest BCUT2D eigenvalue weighted by atomic mass is 9.93. The number of Topliss-reactive ketones (excluding diaryl/α,β-unsaturated/α-hetero) is 1. The van der Waals surface area contributed by atoms with Gasteiger partial charge in [-0.2, -0.15) is 13.2 Å². The second-order valence-electron chi connectivity index (χ2n) is 8.08. The van der Waals surface area contributed by atoms with Crippen LogP contribution in [0.5, 0.6) is 0 Å². The van der Waals surface area contributed by atoms with Gasteiger partial charge >= 0.3 is 5.51 Å². The number of nitrogens with zero attached hydrogens (tertiary/aromatic N) is 3. The Bertz CT molecular complexity index is 669. The lowest BCUT2D eigenvalue weighted by Gasteiger charge is -2.37. The molecule has 2 aliphatic rings. The summed E-state index contributed by atoms with van der Waals surface area (Å²) in [6.45, 7) is 8.92. The second-order valence-corrected chi connectivity index (χ2v) is 9.22. The molecule has 4 nitrogen and oxygen atoms in total. The van der Waals surface area contributed by atoms with E-state index in [1.165, 1.54) is 12.5 Å². The number of alkyl halides is 3. The first-order valence-corrected chi connectivity index (χ1v) is 11.1. The molecule has 0 unspecified atom stereocenters. The predicted octanol–water partition coefficient (Wildman–Crippen LogP) is 4.11. The van der Waals surface area contributed by atoms with Crippen molar-refractivity contribution in [2.24, 2.45) is 5.92 Å². The Balaban J connectivity index is 1.39. The third-order valence-electron chi connectivity index (χ3n) is 5.80. The number of halogens is 3. The Morgan fingerprint density at radius 2 is 1.76 bits per heavy atom. The van der Waals surface area contributed by atoms with E-state index in [0.717, 1.165) is 70.3 Å². The van der Waals surface area contributed by atoms with Gasteiger partial charge < -0.3 is 4.90 Å². The molecule has 1 aromatic rings. The molecule has 3 rings (SSSR count). The smallest absolute Gasteiger partial charge is 0.369 e. The van der Waals surface area contributed by atoms with Crippen molar-refractivity contribution in [1.29, 1.82) is 0 Å². The monoisotopic (exact) mass is 429 g/mol. The maximum atomic E-state index is 12.6. The summed E-state index contributed by atoms with van der Waals surface area (Å²) in [4.78, 5) is 18.4. The Hall–Kier alpha value is -1.25. The van der Waals surface area contributed by atoms with Crippen LogP contribution in [0.4, 0.5) is 18.9 Å². The SMILES string of the molecule is CC(=O)CN1CCC(CCN2CCN(c3cccc(SC(F)(F)F)c3)CC2)CC1. The minimum absolute atomic E-state index is 0.0526. The molecule has 0 saturated carbocycles. The van der Waals surface area contributed by atoms with E-state index < -0.39 is 5.51 Å². The van der Waals surface area contributed by atoms with Crippen molar-refractivity contribution in [2.75, 3.05) is 57.3 Å². The van der Waals surface area contributed by atoms with E-state index in [1.807, 2.05) is 6.07 Å². The van der Waals surface area contributed by atoms with Crippen LogP contribution in [0.25, 0.3) is 0 Å². The molecule has 2 heterocycles. The number of piperidine rings is 1. The summed E-state index contributed by atoms with van der Waals surface area (Å²) >= 11 is -0.0526. The van der Waals surface area contributed by atoms with Crippen molar-refractivity contribution in [3.8, 4) is 0 Å². The fraction of sp³-hybridized carbons (Fsp3) is 0.667. The molecule has 0 atom stereocenters. The molecular formula is C21H30F3N3OS. The van der Waals surface area contributed by atoms with Gasteiger partial charge in [0, 0.05) is 36.8 Å². The van der Waals surface area contributed by atoms with E-state index in [-0.39, 0.29) is 22.4 Å². The van der Waals surface area contributed by atoms with Crippen LogP contribution >= 0.6 is 11.8 Å². The standard InChI is InChI=1S/C21H30F3N3OS/c1-17(28)16-26-9-6-18(7-10-26)5-8-25-11-13-27(14-12-25)19-3-2-4-20(15-19)29-21(22,23)24/h2-4,15,18H,5-14,16H2,1H3. The van der Waals surface area contributed by atoms with E-state index in [1.54, 1.807) is 19.1 Å². The number of carbonyl (C=O) groups is 1. The Morgan fingerprint density at radius 3 is 2.38 bits per heavy atom. The van der Waals surface area contributed by atoms with Gasteiger partial charge in [0.25, 0.3) is 0 Å². The Kier molecular flexibility index (Phi) is 7.87. The van der Waals surface area contributed by atoms with E-state index in [4.69, 9.17) is 0 Å². The average Bonchev–Trinajstić information content (AvgIpc) is 2.66. The zero-order valence-corrected chi connectivity index (χ0v) is 17.8.